The number of carbonyl (C=O) groups excluding carboxylic acids is 1. The Balaban J connectivity index is 1.45. The minimum absolute atomic E-state index is 0.225. The van der Waals surface area contributed by atoms with Gasteiger partial charge >= 0.3 is 0 Å². The zero-order valence-corrected chi connectivity index (χ0v) is 16.8. The average molecular weight is 422 g/mol. The van der Waals surface area contributed by atoms with Gasteiger partial charge in [0.15, 0.2) is 0 Å². The predicted molar refractivity (Wildman–Crippen MR) is 116 cm³/mol. The summed E-state index contributed by atoms with van der Waals surface area (Å²) in [5.41, 5.74) is 2.49. The maximum atomic E-state index is 12.3. The van der Waals surface area contributed by atoms with Crippen molar-refractivity contribution in [3.05, 3.63) is 94.2 Å². The first-order valence-electron chi connectivity index (χ1n) is 8.86. The molecule has 0 aliphatic rings. The lowest BCUT2D eigenvalue weighted by atomic mass is 10.1. The number of amides is 1. The molecule has 5 nitrogen and oxygen atoms in total. The quantitative estimate of drug-likeness (QED) is 0.406. The van der Waals surface area contributed by atoms with Crippen LogP contribution in [0.3, 0.4) is 0 Å². The molecule has 7 heteroatoms. The molecule has 0 fully saturated rings. The van der Waals surface area contributed by atoms with Gasteiger partial charge in [-0.2, -0.15) is 4.98 Å². The first-order chi connectivity index (χ1) is 14.2. The third-order valence-corrected chi connectivity index (χ3v) is 5.24. The molecule has 2 aromatic heterocycles. The van der Waals surface area contributed by atoms with E-state index in [1.165, 1.54) is 6.08 Å². The van der Waals surface area contributed by atoms with E-state index in [-0.39, 0.29) is 5.91 Å². The summed E-state index contributed by atoms with van der Waals surface area (Å²) in [5.74, 6) is 0.839. The molecule has 0 atom stereocenters. The Morgan fingerprint density at radius 1 is 1.10 bits per heavy atom. The Morgan fingerprint density at radius 3 is 2.72 bits per heavy atom. The van der Waals surface area contributed by atoms with Crippen LogP contribution in [0.1, 0.15) is 17.0 Å². The van der Waals surface area contributed by atoms with Crippen molar-refractivity contribution in [3.8, 4) is 10.7 Å². The number of thiophene rings is 1. The van der Waals surface area contributed by atoms with E-state index in [0.717, 1.165) is 16.0 Å². The smallest absolute Gasteiger partial charge is 0.248 e. The Hall–Kier alpha value is -3.22. The molecular formula is C22H16ClN3O2S. The standard InChI is InChI=1S/C22H16ClN3O2S/c23-17-10-7-15(8-11-17)9-12-20(27)24-18-5-2-1-4-16(18)14-21-25-22(26-28-21)19-6-3-13-29-19/h1-13H,14H2,(H,24,27)/b12-9+. The second-order valence-corrected chi connectivity index (χ2v) is 7.58. The summed E-state index contributed by atoms with van der Waals surface area (Å²) in [6.45, 7) is 0. The van der Waals surface area contributed by atoms with Crippen LogP contribution in [0.15, 0.2) is 76.6 Å². The van der Waals surface area contributed by atoms with E-state index in [0.29, 0.717) is 28.8 Å². The van der Waals surface area contributed by atoms with Gasteiger partial charge in [0, 0.05) is 16.8 Å². The highest BCUT2D eigenvalue weighted by Gasteiger charge is 2.12. The first kappa shape index (κ1) is 19.1. The molecule has 0 saturated carbocycles. The average Bonchev–Trinajstić information content (AvgIpc) is 3.41. The number of hydrogen-bond acceptors (Lipinski definition) is 5. The molecule has 0 saturated heterocycles. The SMILES string of the molecule is O=C(/C=C/c1ccc(Cl)cc1)Nc1ccccc1Cc1nc(-c2cccs2)no1. The number of anilines is 1. The minimum Gasteiger partial charge on any atom is -0.339 e. The van der Waals surface area contributed by atoms with Crippen molar-refractivity contribution in [2.24, 2.45) is 0 Å². The van der Waals surface area contributed by atoms with E-state index in [9.17, 15) is 4.79 Å². The van der Waals surface area contributed by atoms with Crippen molar-refractivity contribution in [2.75, 3.05) is 5.32 Å². The van der Waals surface area contributed by atoms with Gasteiger partial charge in [-0.3, -0.25) is 4.79 Å². The van der Waals surface area contributed by atoms with Gasteiger partial charge in [0.05, 0.1) is 11.3 Å². The second kappa shape index (κ2) is 8.86. The summed E-state index contributed by atoms with van der Waals surface area (Å²) in [5, 5.41) is 9.56. The molecule has 0 bridgehead atoms. The van der Waals surface area contributed by atoms with Crippen LogP contribution >= 0.6 is 22.9 Å². The Bertz CT molecular complexity index is 1140. The maximum Gasteiger partial charge on any atom is 0.248 e. The molecule has 1 N–H and O–H groups in total. The van der Waals surface area contributed by atoms with Crippen molar-refractivity contribution in [1.29, 1.82) is 0 Å². The third-order valence-electron chi connectivity index (χ3n) is 4.12. The molecule has 0 aliphatic carbocycles. The summed E-state index contributed by atoms with van der Waals surface area (Å²) in [6.07, 6.45) is 3.65. The number of aromatic nitrogens is 2. The van der Waals surface area contributed by atoms with Crippen LogP contribution in [-0.4, -0.2) is 16.0 Å². The van der Waals surface area contributed by atoms with Crippen LogP contribution in [0.25, 0.3) is 16.8 Å². The number of nitrogens with one attached hydrogen (secondary N) is 1. The van der Waals surface area contributed by atoms with Gasteiger partial charge in [-0.25, -0.2) is 0 Å². The zero-order chi connectivity index (χ0) is 20.1. The lowest BCUT2D eigenvalue weighted by Crippen LogP contribution is -2.10. The number of para-hydroxylation sites is 1. The van der Waals surface area contributed by atoms with Crippen LogP contribution in [-0.2, 0) is 11.2 Å². The molecule has 2 aromatic carbocycles. The molecule has 1 amide bonds. The van der Waals surface area contributed by atoms with Gasteiger partial charge in [-0.05, 0) is 46.8 Å². The van der Waals surface area contributed by atoms with E-state index in [2.05, 4.69) is 15.5 Å². The number of benzene rings is 2. The topological polar surface area (TPSA) is 68.0 Å². The highest BCUT2D eigenvalue weighted by molar-refractivity contribution is 7.13. The van der Waals surface area contributed by atoms with E-state index < -0.39 is 0 Å². The van der Waals surface area contributed by atoms with Gasteiger partial charge in [0.2, 0.25) is 17.6 Å². The fourth-order valence-corrected chi connectivity index (χ4v) is 3.49. The summed E-state index contributed by atoms with van der Waals surface area (Å²) in [4.78, 5) is 17.7. The normalized spacial score (nSPS) is 11.1. The van der Waals surface area contributed by atoms with Crippen LogP contribution in [0, 0.1) is 0 Å². The van der Waals surface area contributed by atoms with E-state index in [4.69, 9.17) is 16.1 Å². The second-order valence-electron chi connectivity index (χ2n) is 6.20. The summed E-state index contributed by atoms with van der Waals surface area (Å²) in [7, 11) is 0. The highest BCUT2D eigenvalue weighted by atomic mass is 35.5. The van der Waals surface area contributed by atoms with Gasteiger partial charge in [0.25, 0.3) is 0 Å². The summed E-state index contributed by atoms with van der Waals surface area (Å²) in [6, 6.07) is 18.7. The fraction of sp³-hybridized carbons (Fsp3) is 0.0455. The molecule has 4 rings (SSSR count). The van der Waals surface area contributed by atoms with Gasteiger partial charge in [0.1, 0.15) is 0 Å². The Kier molecular flexibility index (Phi) is 5.84. The van der Waals surface area contributed by atoms with Crippen LogP contribution in [0.2, 0.25) is 5.02 Å². The van der Waals surface area contributed by atoms with Gasteiger partial charge in [-0.1, -0.05) is 53.2 Å². The molecule has 0 spiro atoms. The molecule has 2 heterocycles. The number of nitrogens with zero attached hydrogens (tertiary/aromatic N) is 2. The summed E-state index contributed by atoms with van der Waals surface area (Å²) >= 11 is 7.43. The van der Waals surface area contributed by atoms with Gasteiger partial charge < -0.3 is 9.84 Å². The van der Waals surface area contributed by atoms with Crippen molar-refractivity contribution in [3.63, 3.8) is 0 Å². The number of carbonyl (C=O) groups is 1. The van der Waals surface area contributed by atoms with E-state index in [1.54, 1.807) is 29.5 Å². The van der Waals surface area contributed by atoms with Crippen molar-refractivity contribution < 1.29 is 9.32 Å². The van der Waals surface area contributed by atoms with Crippen molar-refractivity contribution in [2.45, 2.75) is 6.42 Å². The lowest BCUT2D eigenvalue weighted by molar-refractivity contribution is -0.111. The maximum absolute atomic E-state index is 12.3. The van der Waals surface area contributed by atoms with Crippen molar-refractivity contribution >= 4 is 40.6 Å². The minimum atomic E-state index is -0.225. The monoisotopic (exact) mass is 421 g/mol. The van der Waals surface area contributed by atoms with E-state index >= 15 is 0 Å². The largest absolute Gasteiger partial charge is 0.339 e. The number of hydrogen-bond donors (Lipinski definition) is 1. The van der Waals surface area contributed by atoms with Crippen LogP contribution in [0.5, 0.6) is 0 Å². The predicted octanol–water partition coefficient (Wildman–Crippen LogP) is 5.69. The highest BCUT2D eigenvalue weighted by Crippen LogP contribution is 2.23. The van der Waals surface area contributed by atoms with Crippen LogP contribution in [0.4, 0.5) is 5.69 Å². The number of halogens is 1. The third kappa shape index (κ3) is 4.99. The van der Waals surface area contributed by atoms with E-state index in [1.807, 2.05) is 53.9 Å². The Labute approximate surface area is 176 Å². The van der Waals surface area contributed by atoms with Crippen LogP contribution < -0.4 is 5.32 Å². The molecule has 29 heavy (non-hydrogen) atoms. The Morgan fingerprint density at radius 2 is 1.93 bits per heavy atom. The zero-order valence-electron chi connectivity index (χ0n) is 15.2. The van der Waals surface area contributed by atoms with Gasteiger partial charge in [-0.15, -0.1) is 11.3 Å². The molecule has 0 radical (unpaired) electrons. The molecular weight excluding hydrogens is 406 g/mol. The molecule has 4 aromatic rings. The molecule has 144 valence electrons. The molecule has 0 aliphatic heterocycles. The first-order valence-corrected chi connectivity index (χ1v) is 10.1. The number of rotatable bonds is 6. The van der Waals surface area contributed by atoms with Crippen molar-refractivity contribution in [1.82, 2.24) is 10.1 Å². The fourth-order valence-electron chi connectivity index (χ4n) is 2.71. The summed E-state index contributed by atoms with van der Waals surface area (Å²) < 4.78 is 5.38. The molecule has 0 unspecified atom stereocenters. The lowest BCUT2D eigenvalue weighted by Gasteiger charge is -2.08.